The van der Waals surface area contributed by atoms with Gasteiger partial charge in [0.2, 0.25) is 0 Å². The summed E-state index contributed by atoms with van der Waals surface area (Å²) in [6.45, 7) is 0. The molecule has 3 heteroatoms. The maximum absolute atomic E-state index is 3.85. The van der Waals surface area contributed by atoms with E-state index in [0.717, 1.165) is 10.2 Å². The Morgan fingerprint density at radius 1 is 0.410 bits per heavy atom. The van der Waals surface area contributed by atoms with Crippen molar-refractivity contribution in [1.82, 2.24) is 4.57 Å². The summed E-state index contributed by atoms with van der Waals surface area (Å²) in [6, 6.07) is 57.7. The van der Waals surface area contributed by atoms with Crippen LogP contribution >= 0.6 is 15.9 Å². The lowest BCUT2D eigenvalue weighted by Gasteiger charge is -2.34. The number of fused-ring (bicyclic) bond motifs is 3. The van der Waals surface area contributed by atoms with E-state index in [2.05, 4.69) is 178 Å². The number of nitrogens with zero attached hydrogens (tertiary/aromatic N) is 1. The lowest BCUT2D eigenvalue weighted by molar-refractivity contribution is 1.18. The summed E-state index contributed by atoms with van der Waals surface area (Å²) in [5.74, 6) is 0. The smallest absolute Gasteiger partial charge is 0.179 e. The fraction of sp³-hybridized carbons (Fsp3) is 0. The third-order valence-electron chi connectivity index (χ3n) is 7.82. The van der Waals surface area contributed by atoms with Crippen LogP contribution < -0.4 is 20.7 Å². The van der Waals surface area contributed by atoms with Gasteiger partial charge >= 0.3 is 0 Å². The predicted octanol–water partition coefficient (Wildman–Crippen LogP) is 6.92. The van der Waals surface area contributed by atoms with E-state index in [0.29, 0.717) is 0 Å². The van der Waals surface area contributed by atoms with Crippen LogP contribution in [0.5, 0.6) is 0 Å². The molecule has 0 aliphatic rings. The second kappa shape index (κ2) is 9.85. The summed E-state index contributed by atoms with van der Waals surface area (Å²) < 4.78 is 3.48. The maximum Gasteiger partial charge on any atom is 0.179 e. The maximum atomic E-state index is 3.85. The highest BCUT2D eigenvalue weighted by Crippen LogP contribution is 2.35. The molecule has 1 heterocycles. The molecule has 0 fully saturated rings. The molecule has 6 aromatic carbocycles. The normalized spacial score (nSPS) is 11.7. The summed E-state index contributed by atoms with van der Waals surface area (Å²) >= 11 is 3.85. The molecule has 186 valence electrons. The first-order chi connectivity index (χ1) is 19.3. The van der Waals surface area contributed by atoms with Crippen molar-refractivity contribution in [2.24, 2.45) is 0 Å². The highest BCUT2D eigenvalue weighted by molar-refractivity contribution is 9.10. The summed E-state index contributed by atoms with van der Waals surface area (Å²) in [5.41, 5.74) is 3.57. The standard InChI is InChI=1S/C36H26BrNSi/c37-34-21-12-20-33-32-19-10-11-22-35(32)38(36(33)34)27-23-25-31(26-24-27)39(28-13-4-1-5-14-28,29-15-6-2-7-16-29)30-17-8-3-9-18-30/h1-26H. The second-order valence-electron chi connectivity index (χ2n) is 9.88. The third kappa shape index (κ3) is 3.81. The third-order valence-corrected chi connectivity index (χ3v) is 13.3. The fourth-order valence-electron chi connectivity index (χ4n) is 6.17. The van der Waals surface area contributed by atoms with Crippen LogP contribution in [0.15, 0.2) is 162 Å². The number of aromatic nitrogens is 1. The van der Waals surface area contributed by atoms with E-state index in [9.17, 15) is 0 Å². The first-order valence-corrected chi connectivity index (χ1v) is 16.0. The van der Waals surface area contributed by atoms with Crippen molar-refractivity contribution in [1.29, 1.82) is 0 Å². The van der Waals surface area contributed by atoms with Crippen LogP contribution in [0.25, 0.3) is 27.5 Å². The minimum atomic E-state index is -2.54. The average molecular weight is 581 g/mol. The monoisotopic (exact) mass is 579 g/mol. The number of hydrogen-bond acceptors (Lipinski definition) is 0. The van der Waals surface area contributed by atoms with E-state index in [-0.39, 0.29) is 0 Å². The van der Waals surface area contributed by atoms with Crippen LogP contribution in [0, 0.1) is 0 Å². The summed E-state index contributed by atoms with van der Waals surface area (Å²) in [4.78, 5) is 0. The second-order valence-corrected chi connectivity index (χ2v) is 14.5. The number of halogens is 1. The topological polar surface area (TPSA) is 4.93 Å². The zero-order valence-electron chi connectivity index (χ0n) is 21.3. The predicted molar refractivity (Wildman–Crippen MR) is 172 cm³/mol. The Labute approximate surface area is 238 Å². The van der Waals surface area contributed by atoms with Crippen molar-refractivity contribution in [3.05, 3.63) is 162 Å². The molecule has 7 rings (SSSR count). The van der Waals surface area contributed by atoms with Crippen molar-refractivity contribution < 1.29 is 0 Å². The Kier molecular flexibility index (Phi) is 6.03. The molecular weight excluding hydrogens is 554 g/mol. The lowest BCUT2D eigenvalue weighted by atomic mass is 10.2. The number of para-hydroxylation sites is 2. The molecule has 0 saturated heterocycles. The Morgan fingerprint density at radius 2 is 0.872 bits per heavy atom. The highest BCUT2D eigenvalue weighted by atomic mass is 79.9. The Morgan fingerprint density at radius 3 is 1.44 bits per heavy atom. The molecule has 0 bridgehead atoms. The number of rotatable bonds is 5. The molecule has 39 heavy (non-hydrogen) atoms. The van der Waals surface area contributed by atoms with Crippen LogP contribution in [-0.2, 0) is 0 Å². The SMILES string of the molecule is Brc1cccc2c3ccccc3n(-c3ccc([Si](c4ccccc4)(c4ccccc4)c4ccccc4)cc3)c12. The molecule has 0 amide bonds. The Balaban J connectivity index is 1.50. The molecule has 0 radical (unpaired) electrons. The molecule has 0 N–H and O–H groups in total. The Hall–Kier alpha value is -4.18. The van der Waals surface area contributed by atoms with E-state index in [1.807, 2.05) is 0 Å². The molecule has 0 unspecified atom stereocenters. The van der Waals surface area contributed by atoms with E-state index in [4.69, 9.17) is 0 Å². The number of benzene rings is 6. The van der Waals surface area contributed by atoms with Crippen molar-refractivity contribution in [3.63, 3.8) is 0 Å². The first-order valence-electron chi connectivity index (χ1n) is 13.2. The van der Waals surface area contributed by atoms with Gasteiger partial charge in [-0.3, -0.25) is 0 Å². The van der Waals surface area contributed by atoms with Gasteiger partial charge in [-0.1, -0.05) is 133 Å². The minimum Gasteiger partial charge on any atom is -0.308 e. The molecule has 1 nitrogen and oxygen atoms in total. The van der Waals surface area contributed by atoms with Crippen LogP contribution in [0.1, 0.15) is 0 Å². The first kappa shape index (κ1) is 23.9. The van der Waals surface area contributed by atoms with E-state index >= 15 is 0 Å². The fourth-order valence-corrected chi connectivity index (χ4v) is 11.5. The van der Waals surface area contributed by atoms with Crippen LogP contribution in [0.2, 0.25) is 0 Å². The zero-order chi connectivity index (χ0) is 26.2. The van der Waals surface area contributed by atoms with Crippen LogP contribution in [-0.4, -0.2) is 12.6 Å². The quantitative estimate of drug-likeness (QED) is 0.154. The molecule has 7 aromatic rings. The number of hydrogen-bond donors (Lipinski definition) is 0. The highest BCUT2D eigenvalue weighted by Gasteiger charge is 2.41. The molecule has 0 atom stereocenters. The van der Waals surface area contributed by atoms with Gasteiger partial charge in [-0.05, 0) is 60.9 Å². The molecular formula is C36H26BrNSi. The van der Waals surface area contributed by atoms with Gasteiger partial charge in [0.05, 0.1) is 11.0 Å². The van der Waals surface area contributed by atoms with Gasteiger partial charge in [-0.15, -0.1) is 0 Å². The summed E-state index contributed by atoms with van der Waals surface area (Å²) in [5, 5.41) is 8.04. The van der Waals surface area contributed by atoms with Crippen molar-refractivity contribution in [2.75, 3.05) is 0 Å². The van der Waals surface area contributed by atoms with Gasteiger partial charge in [0, 0.05) is 20.9 Å². The van der Waals surface area contributed by atoms with Crippen LogP contribution in [0.4, 0.5) is 0 Å². The lowest BCUT2D eigenvalue weighted by Crippen LogP contribution is -2.74. The van der Waals surface area contributed by atoms with Gasteiger partial charge in [-0.25, -0.2) is 0 Å². The van der Waals surface area contributed by atoms with Crippen LogP contribution in [0.3, 0.4) is 0 Å². The van der Waals surface area contributed by atoms with Gasteiger partial charge in [0.1, 0.15) is 0 Å². The molecule has 0 saturated carbocycles. The van der Waals surface area contributed by atoms with Gasteiger partial charge in [0.15, 0.2) is 8.07 Å². The van der Waals surface area contributed by atoms with E-state index in [1.165, 1.54) is 42.6 Å². The van der Waals surface area contributed by atoms with Crippen molar-refractivity contribution in [3.8, 4) is 5.69 Å². The molecule has 1 aromatic heterocycles. The minimum absolute atomic E-state index is 1.10. The molecule has 0 aliphatic heterocycles. The van der Waals surface area contributed by atoms with Gasteiger partial charge in [-0.2, -0.15) is 0 Å². The Bertz CT molecular complexity index is 1800. The van der Waals surface area contributed by atoms with Gasteiger partial charge < -0.3 is 4.57 Å². The summed E-state index contributed by atoms with van der Waals surface area (Å²) in [6.07, 6.45) is 0. The molecule has 0 aliphatic carbocycles. The van der Waals surface area contributed by atoms with Gasteiger partial charge in [0.25, 0.3) is 0 Å². The largest absolute Gasteiger partial charge is 0.308 e. The van der Waals surface area contributed by atoms with E-state index in [1.54, 1.807) is 0 Å². The molecule has 0 spiro atoms. The van der Waals surface area contributed by atoms with E-state index < -0.39 is 8.07 Å². The average Bonchev–Trinajstić information content (AvgIpc) is 3.35. The van der Waals surface area contributed by atoms with Crippen molar-refractivity contribution >= 4 is 66.6 Å². The zero-order valence-corrected chi connectivity index (χ0v) is 23.9. The summed E-state index contributed by atoms with van der Waals surface area (Å²) in [7, 11) is -2.54. The van der Waals surface area contributed by atoms with Crippen molar-refractivity contribution in [2.45, 2.75) is 0 Å².